The number of hydrogen-bond donors (Lipinski definition) is 6. The van der Waals surface area contributed by atoms with E-state index in [2.05, 4.69) is 74.6 Å². The monoisotopic (exact) mass is 857 g/mol. The average molecular weight is 857 g/mol. The highest BCUT2D eigenvalue weighted by atomic mass is 31.2. The molecule has 0 heterocycles. The van der Waals surface area contributed by atoms with Crippen LogP contribution in [0.4, 0.5) is 0 Å². The maximum Gasteiger partial charge on any atom is 0.472 e. The molecule has 0 bridgehead atoms. The second kappa shape index (κ2) is 36.7. The number of allylic oxidation sites excluding steroid dienone is 10. The van der Waals surface area contributed by atoms with Crippen LogP contribution in [-0.2, 0) is 27.9 Å². The van der Waals surface area contributed by atoms with Crippen molar-refractivity contribution in [3.8, 4) is 0 Å². The molecule has 6 unspecified atom stereocenters. The van der Waals surface area contributed by atoms with Crippen molar-refractivity contribution < 1.29 is 58.3 Å². The number of carbonyl (C=O) groups is 1. The van der Waals surface area contributed by atoms with Gasteiger partial charge >= 0.3 is 13.8 Å². The lowest BCUT2D eigenvalue weighted by molar-refractivity contribution is -0.220. The molecule has 0 aromatic heterocycles. The zero-order valence-electron chi connectivity index (χ0n) is 36.3. The van der Waals surface area contributed by atoms with Crippen LogP contribution in [0.25, 0.3) is 0 Å². The van der Waals surface area contributed by atoms with Gasteiger partial charge in [0.2, 0.25) is 0 Å². The molecule has 59 heavy (non-hydrogen) atoms. The van der Waals surface area contributed by atoms with E-state index in [1.54, 1.807) is 0 Å². The second-order valence-electron chi connectivity index (χ2n) is 15.5. The Bertz CT molecular complexity index is 1200. The van der Waals surface area contributed by atoms with Gasteiger partial charge < -0.3 is 39.9 Å². The summed E-state index contributed by atoms with van der Waals surface area (Å²) in [6.45, 7) is 4.04. The fourth-order valence-corrected chi connectivity index (χ4v) is 7.50. The molecule has 0 aromatic rings. The first-order chi connectivity index (χ1) is 28.5. The van der Waals surface area contributed by atoms with Crippen LogP contribution in [0, 0.1) is 0 Å². The number of rotatable bonds is 37. The topological polar surface area (TPSA) is 192 Å². The van der Waals surface area contributed by atoms with E-state index >= 15 is 0 Å². The first kappa shape index (κ1) is 55.1. The van der Waals surface area contributed by atoms with Crippen LogP contribution in [0.5, 0.6) is 0 Å². The summed E-state index contributed by atoms with van der Waals surface area (Å²) in [4.78, 5) is 23.1. The molecule has 12 nitrogen and oxygen atoms in total. The lowest BCUT2D eigenvalue weighted by Gasteiger charge is -2.41. The Morgan fingerprint density at radius 1 is 0.559 bits per heavy atom. The average Bonchev–Trinajstić information content (AvgIpc) is 3.22. The summed E-state index contributed by atoms with van der Waals surface area (Å²) in [6.07, 6.45) is 33.0. The summed E-state index contributed by atoms with van der Waals surface area (Å²) in [5.74, 6) is -0.494. The first-order valence-electron chi connectivity index (χ1n) is 22.6. The van der Waals surface area contributed by atoms with Crippen molar-refractivity contribution >= 4 is 13.8 Å². The number of carbonyl (C=O) groups excluding carboxylic acids is 1. The Hall–Kier alpha value is -1.96. The molecular weight excluding hydrogens is 775 g/mol. The fourth-order valence-electron chi connectivity index (χ4n) is 6.52. The summed E-state index contributed by atoms with van der Waals surface area (Å²) in [5.41, 5.74) is 0. The minimum absolute atomic E-state index is 0.0868. The second-order valence-corrected chi connectivity index (χ2v) is 16.9. The van der Waals surface area contributed by atoms with Gasteiger partial charge in [-0.2, -0.15) is 0 Å². The van der Waals surface area contributed by atoms with Crippen LogP contribution in [0.3, 0.4) is 0 Å². The molecule has 0 radical (unpaired) electrons. The lowest BCUT2D eigenvalue weighted by atomic mass is 9.85. The fraction of sp³-hybridized carbons (Fsp3) is 0.761. The minimum atomic E-state index is -5.02. The van der Waals surface area contributed by atoms with Crippen LogP contribution in [0.2, 0.25) is 0 Å². The third-order valence-electron chi connectivity index (χ3n) is 10.1. The van der Waals surface area contributed by atoms with Crippen LogP contribution in [0.1, 0.15) is 162 Å². The first-order valence-corrected chi connectivity index (χ1v) is 24.1. The standard InChI is InChI=1S/C46H81O12P/c1-3-5-7-9-11-13-15-16-17-18-19-20-21-22-23-24-25-26-28-30-32-34-36-55-37-39(57-40(47)35-33-31-29-27-14-12-10-8-6-4-2)38-56-59(53,54)58-46-44(51)42(49)41(48)43(50)45(46)52/h5,7-8,10-11,13,16-17,19-20,39,41-46,48-52H,3-4,6,9,12,14-15,18,21-38H2,1-2H3,(H,53,54)/b7-5-,10-8-,13-11-,17-16-,20-19-. The molecule has 6 atom stereocenters. The third kappa shape index (κ3) is 29.1. The SMILES string of the molecule is CC/C=C\C/C=C\C/C=C\C/C=C\CCCCCCCCCCCOCC(COP(=O)(O)OC1C(O)C(O)C(O)C(O)C1O)OC(=O)CCCCCCC/C=C\CCC. The molecule has 0 aliphatic heterocycles. The van der Waals surface area contributed by atoms with Crippen LogP contribution in [-0.4, -0.2) is 98.9 Å². The van der Waals surface area contributed by atoms with Crippen molar-refractivity contribution in [3.05, 3.63) is 60.8 Å². The van der Waals surface area contributed by atoms with E-state index in [1.165, 1.54) is 32.1 Å². The van der Waals surface area contributed by atoms with Gasteiger partial charge in [-0.1, -0.05) is 145 Å². The molecular formula is C46H81O12P. The van der Waals surface area contributed by atoms with E-state index in [4.69, 9.17) is 18.5 Å². The zero-order chi connectivity index (χ0) is 43.4. The molecule has 0 saturated heterocycles. The molecule has 0 amide bonds. The number of aliphatic hydroxyl groups is 5. The van der Waals surface area contributed by atoms with Gasteiger partial charge in [0.05, 0.1) is 13.2 Å². The number of phosphoric ester groups is 1. The van der Waals surface area contributed by atoms with E-state index in [-0.39, 0.29) is 13.0 Å². The summed E-state index contributed by atoms with van der Waals surface area (Å²) in [6, 6.07) is 0. The molecule has 0 spiro atoms. The van der Waals surface area contributed by atoms with Gasteiger partial charge in [-0.3, -0.25) is 13.8 Å². The molecule has 342 valence electrons. The van der Waals surface area contributed by atoms with Crippen LogP contribution >= 0.6 is 7.82 Å². The smallest absolute Gasteiger partial charge is 0.457 e. The van der Waals surface area contributed by atoms with E-state index < -0.39 is 63.1 Å². The predicted molar refractivity (Wildman–Crippen MR) is 235 cm³/mol. The minimum Gasteiger partial charge on any atom is -0.457 e. The zero-order valence-corrected chi connectivity index (χ0v) is 37.2. The van der Waals surface area contributed by atoms with Gasteiger partial charge in [-0.15, -0.1) is 0 Å². The van der Waals surface area contributed by atoms with Crippen molar-refractivity contribution in [1.82, 2.24) is 0 Å². The van der Waals surface area contributed by atoms with Gasteiger partial charge in [-0.05, 0) is 70.6 Å². The van der Waals surface area contributed by atoms with E-state index in [0.717, 1.165) is 103 Å². The number of phosphoric acid groups is 1. The Balaban J connectivity index is 2.34. The van der Waals surface area contributed by atoms with E-state index in [1.807, 2.05) is 0 Å². The summed E-state index contributed by atoms with van der Waals surface area (Å²) >= 11 is 0. The van der Waals surface area contributed by atoms with Crippen molar-refractivity contribution in [3.63, 3.8) is 0 Å². The third-order valence-corrected chi connectivity index (χ3v) is 11.1. The number of aliphatic hydroxyl groups excluding tert-OH is 5. The largest absolute Gasteiger partial charge is 0.472 e. The number of hydrogen-bond acceptors (Lipinski definition) is 11. The molecule has 6 N–H and O–H groups in total. The van der Waals surface area contributed by atoms with Crippen LogP contribution < -0.4 is 0 Å². The highest BCUT2D eigenvalue weighted by Crippen LogP contribution is 2.47. The number of ether oxygens (including phenoxy) is 2. The summed E-state index contributed by atoms with van der Waals surface area (Å²) in [7, 11) is -5.02. The maximum absolute atomic E-state index is 12.8. The normalized spacial score (nSPS) is 23.1. The van der Waals surface area contributed by atoms with Gasteiger partial charge in [0, 0.05) is 13.0 Å². The molecule has 1 aliphatic rings. The Kier molecular flexibility index (Phi) is 34.2. The van der Waals surface area contributed by atoms with Gasteiger partial charge in [0.25, 0.3) is 0 Å². The molecule has 13 heteroatoms. The van der Waals surface area contributed by atoms with Crippen molar-refractivity contribution in [2.24, 2.45) is 0 Å². The highest BCUT2D eigenvalue weighted by molar-refractivity contribution is 7.47. The summed E-state index contributed by atoms with van der Waals surface area (Å²) < 4.78 is 34.1. The quantitative estimate of drug-likeness (QED) is 0.0151. The van der Waals surface area contributed by atoms with E-state index in [0.29, 0.717) is 13.0 Å². The number of unbranched alkanes of at least 4 members (excludes halogenated alkanes) is 15. The van der Waals surface area contributed by atoms with E-state index in [9.17, 15) is 39.8 Å². The molecule has 0 aromatic carbocycles. The molecule has 1 fully saturated rings. The Labute approximate surface area is 356 Å². The van der Waals surface area contributed by atoms with Gasteiger partial charge in [0.1, 0.15) is 42.7 Å². The lowest BCUT2D eigenvalue weighted by Crippen LogP contribution is -2.64. The maximum atomic E-state index is 12.8. The van der Waals surface area contributed by atoms with Crippen molar-refractivity contribution in [2.45, 2.75) is 204 Å². The summed E-state index contributed by atoms with van der Waals surface area (Å²) in [5, 5.41) is 50.1. The molecule has 1 saturated carbocycles. The van der Waals surface area contributed by atoms with Gasteiger partial charge in [0.15, 0.2) is 0 Å². The predicted octanol–water partition coefficient (Wildman–Crippen LogP) is 9.03. The van der Waals surface area contributed by atoms with Crippen molar-refractivity contribution in [2.75, 3.05) is 19.8 Å². The number of esters is 1. The molecule has 1 rings (SSSR count). The Morgan fingerprint density at radius 3 is 1.54 bits per heavy atom. The molecule has 1 aliphatic carbocycles. The van der Waals surface area contributed by atoms with Crippen LogP contribution in [0.15, 0.2) is 60.8 Å². The Morgan fingerprint density at radius 2 is 1.00 bits per heavy atom. The van der Waals surface area contributed by atoms with Crippen molar-refractivity contribution in [1.29, 1.82) is 0 Å². The highest BCUT2D eigenvalue weighted by Gasteiger charge is 2.51. The van der Waals surface area contributed by atoms with Gasteiger partial charge in [-0.25, -0.2) is 4.57 Å².